The predicted octanol–water partition coefficient (Wildman–Crippen LogP) is 2.04. The van der Waals surface area contributed by atoms with Gasteiger partial charge in [-0.3, -0.25) is 9.59 Å². The van der Waals surface area contributed by atoms with Crippen LogP contribution in [0.5, 0.6) is 11.5 Å². The molecule has 30 heavy (non-hydrogen) atoms. The van der Waals surface area contributed by atoms with Crippen molar-refractivity contribution in [3.63, 3.8) is 0 Å². The second kappa shape index (κ2) is 10.7. The summed E-state index contributed by atoms with van der Waals surface area (Å²) in [6.45, 7) is 2.09. The molecule has 0 unspecified atom stereocenters. The van der Waals surface area contributed by atoms with Crippen LogP contribution in [0.4, 0.5) is 4.39 Å². The van der Waals surface area contributed by atoms with Gasteiger partial charge in [0.15, 0.2) is 5.78 Å². The number of carbonyl (C=O) groups is 2. The molecule has 0 aliphatic heterocycles. The third kappa shape index (κ3) is 5.34. The summed E-state index contributed by atoms with van der Waals surface area (Å²) in [6.07, 6.45) is 0.0492. The second-order valence-electron chi connectivity index (χ2n) is 6.71. The third-order valence-electron chi connectivity index (χ3n) is 4.81. The van der Waals surface area contributed by atoms with Gasteiger partial charge >= 0.3 is 0 Å². The van der Waals surface area contributed by atoms with Crippen LogP contribution in [0.25, 0.3) is 0 Å². The summed E-state index contributed by atoms with van der Waals surface area (Å²) in [5, 5.41) is 30.0. The highest BCUT2D eigenvalue weighted by molar-refractivity contribution is 6.12. The van der Waals surface area contributed by atoms with Crippen molar-refractivity contribution in [3.05, 3.63) is 58.4 Å². The van der Waals surface area contributed by atoms with Gasteiger partial charge in [0.25, 0.3) is 0 Å². The zero-order valence-electron chi connectivity index (χ0n) is 17.0. The molecule has 2 rings (SSSR count). The Kier molecular flexibility index (Phi) is 8.32. The molecule has 7 nitrogen and oxygen atoms in total. The summed E-state index contributed by atoms with van der Waals surface area (Å²) in [4.78, 5) is 27.4. The number of aliphatic hydroxyl groups excluding tert-OH is 1. The first-order chi connectivity index (χ1) is 14.3. The molecule has 0 aromatic heterocycles. The van der Waals surface area contributed by atoms with Gasteiger partial charge in [-0.1, -0.05) is 6.92 Å². The number of benzene rings is 2. The van der Waals surface area contributed by atoms with E-state index in [1.54, 1.807) is 6.92 Å². The number of nitrogens with zero attached hydrogens (tertiary/aromatic N) is 1. The summed E-state index contributed by atoms with van der Waals surface area (Å²) in [5.41, 5.74) is 0.594. The number of aliphatic hydroxyl groups is 1. The number of amides is 1. The maximum atomic E-state index is 13.2. The second-order valence-corrected chi connectivity index (χ2v) is 6.71. The van der Waals surface area contributed by atoms with Crippen molar-refractivity contribution in [1.29, 1.82) is 0 Å². The van der Waals surface area contributed by atoms with Gasteiger partial charge in [-0.25, -0.2) is 4.39 Å². The number of methoxy groups -OCH3 is 1. The van der Waals surface area contributed by atoms with Crippen LogP contribution >= 0.6 is 0 Å². The Morgan fingerprint density at radius 1 is 1.07 bits per heavy atom. The first kappa shape index (κ1) is 23.3. The summed E-state index contributed by atoms with van der Waals surface area (Å²) in [6, 6.07) is 5.91. The van der Waals surface area contributed by atoms with Crippen LogP contribution in [0.15, 0.2) is 30.3 Å². The largest absolute Gasteiger partial charge is 0.508 e. The average molecular weight is 419 g/mol. The average Bonchev–Trinajstić information content (AvgIpc) is 2.71. The number of carbonyl (C=O) groups excluding carboxylic acids is 2. The summed E-state index contributed by atoms with van der Waals surface area (Å²) in [7, 11) is 1.49. The highest BCUT2D eigenvalue weighted by Gasteiger charge is 2.26. The van der Waals surface area contributed by atoms with Gasteiger partial charge in [-0.2, -0.15) is 0 Å². The van der Waals surface area contributed by atoms with Crippen molar-refractivity contribution in [2.24, 2.45) is 0 Å². The molecular formula is C22H26FNO6. The zero-order valence-corrected chi connectivity index (χ0v) is 17.0. The number of rotatable bonds is 10. The number of ether oxygens (including phenoxy) is 1. The standard InChI is InChI=1S/C22H26FNO6/c1-3-16-17(12-20(28)24(8-10-25)9-11-30-2)21(19(27)13-18(16)26)22(29)14-4-6-15(23)7-5-14/h4-7,13,25-27H,3,8-12H2,1-2H3. The fraction of sp³-hybridized carbons (Fsp3) is 0.364. The molecule has 0 fully saturated rings. The quantitative estimate of drug-likeness (QED) is 0.509. The van der Waals surface area contributed by atoms with E-state index in [4.69, 9.17) is 4.74 Å². The first-order valence-electron chi connectivity index (χ1n) is 9.58. The Labute approximate surface area is 174 Å². The number of ketones is 1. The highest BCUT2D eigenvalue weighted by atomic mass is 19.1. The van der Waals surface area contributed by atoms with E-state index in [0.29, 0.717) is 12.0 Å². The van der Waals surface area contributed by atoms with Gasteiger partial charge < -0.3 is 25.0 Å². The van der Waals surface area contributed by atoms with E-state index in [2.05, 4.69) is 0 Å². The number of halogens is 1. The van der Waals surface area contributed by atoms with Gasteiger partial charge in [0, 0.05) is 31.8 Å². The normalized spacial score (nSPS) is 10.8. The molecule has 8 heteroatoms. The maximum absolute atomic E-state index is 13.2. The summed E-state index contributed by atoms with van der Waals surface area (Å²) >= 11 is 0. The van der Waals surface area contributed by atoms with E-state index >= 15 is 0 Å². The molecule has 0 heterocycles. The van der Waals surface area contributed by atoms with Crippen molar-refractivity contribution in [2.45, 2.75) is 19.8 Å². The lowest BCUT2D eigenvalue weighted by atomic mass is 9.89. The fourth-order valence-corrected chi connectivity index (χ4v) is 3.28. The minimum Gasteiger partial charge on any atom is -0.508 e. The molecule has 0 aliphatic carbocycles. The van der Waals surface area contributed by atoms with Crippen LogP contribution in [0.2, 0.25) is 0 Å². The monoisotopic (exact) mass is 419 g/mol. The predicted molar refractivity (Wildman–Crippen MR) is 108 cm³/mol. The summed E-state index contributed by atoms with van der Waals surface area (Å²) < 4.78 is 18.2. The lowest BCUT2D eigenvalue weighted by Crippen LogP contribution is -2.37. The molecule has 162 valence electrons. The van der Waals surface area contributed by atoms with Gasteiger partial charge in [-0.05, 0) is 41.8 Å². The van der Waals surface area contributed by atoms with Crippen molar-refractivity contribution in [3.8, 4) is 11.5 Å². The molecule has 2 aromatic carbocycles. The number of aromatic hydroxyl groups is 2. The van der Waals surface area contributed by atoms with Crippen LogP contribution in [-0.2, 0) is 22.4 Å². The first-order valence-corrected chi connectivity index (χ1v) is 9.58. The Hall–Kier alpha value is -2.97. The SMILES string of the molecule is CCc1c(O)cc(O)c(C(=O)c2ccc(F)cc2)c1CC(=O)N(CCO)CCOC. The zero-order chi connectivity index (χ0) is 22.3. The van der Waals surface area contributed by atoms with E-state index in [1.165, 1.54) is 24.1 Å². The van der Waals surface area contributed by atoms with Crippen molar-refractivity contribution in [1.82, 2.24) is 4.90 Å². The van der Waals surface area contributed by atoms with E-state index < -0.39 is 23.3 Å². The Morgan fingerprint density at radius 2 is 1.73 bits per heavy atom. The molecular weight excluding hydrogens is 393 g/mol. The van der Waals surface area contributed by atoms with Gasteiger partial charge in [0.05, 0.1) is 25.2 Å². The van der Waals surface area contributed by atoms with Crippen LogP contribution in [0.1, 0.15) is 34.0 Å². The van der Waals surface area contributed by atoms with Crippen LogP contribution in [-0.4, -0.2) is 65.3 Å². The van der Waals surface area contributed by atoms with E-state index in [1.807, 2.05) is 0 Å². The maximum Gasteiger partial charge on any atom is 0.227 e. The number of phenolic OH excluding ortho intramolecular Hbond substituents is 2. The Morgan fingerprint density at radius 3 is 2.30 bits per heavy atom. The smallest absolute Gasteiger partial charge is 0.227 e. The number of phenols is 2. The van der Waals surface area contributed by atoms with Crippen molar-refractivity contribution in [2.75, 3.05) is 33.4 Å². The van der Waals surface area contributed by atoms with Gasteiger partial charge in [-0.15, -0.1) is 0 Å². The molecule has 0 saturated heterocycles. The fourth-order valence-electron chi connectivity index (χ4n) is 3.28. The lowest BCUT2D eigenvalue weighted by Gasteiger charge is -2.23. The topological polar surface area (TPSA) is 107 Å². The van der Waals surface area contributed by atoms with Gasteiger partial charge in [0.2, 0.25) is 5.91 Å². The molecule has 0 atom stereocenters. The molecule has 3 N–H and O–H groups in total. The minimum absolute atomic E-state index is 0.0791. The number of hydrogen-bond acceptors (Lipinski definition) is 6. The van der Waals surface area contributed by atoms with Crippen LogP contribution in [0.3, 0.4) is 0 Å². The summed E-state index contributed by atoms with van der Waals surface area (Å²) in [5.74, 6) is -2.18. The highest BCUT2D eigenvalue weighted by Crippen LogP contribution is 2.35. The molecule has 0 radical (unpaired) electrons. The molecule has 0 aliphatic rings. The molecule has 0 bridgehead atoms. The number of hydrogen-bond donors (Lipinski definition) is 3. The van der Waals surface area contributed by atoms with Crippen molar-refractivity contribution >= 4 is 11.7 Å². The Bertz CT molecular complexity index is 897. The third-order valence-corrected chi connectivity index (χ3v) is 4.81. The van der Waals surface area contributed by atoms with E-state index in [9.17, 15) is 29.3 Å². The van der Waals surface area contributed by atoms with E-state index in [-0.39, 0.29) is 55.2 Å². The molecule has 0 saturated carbocycles. The Balaban J connectivity index is 2.52. The molecule has 0 spiro atoms. The van der Waals surface area contributed by atoms with Crippen LogP contribution in [0, 0.1) is 5.82 Å². The van der Waals surface area contributed by atoms with Crippen LogP contribution < -0.4 is 0 Å². The molecule has 2 aromatic rings. The lowest BCUT2D eigenvalue weighted by molar-refractivity contribution is -0.131. The van der Waals surface area contributed by atoms with Gasteiger partial charge in [0.1, 0.15) is 17.3 Å². The minimum atomic E-state index is -0.587. The van der Waals surface area contributed by atoms with E-state index in [0.717, 1.165) is 18.2 Å². The van der Waals surface area contributed by atoms with Crippen molar-refractivity contribution < 1.29 is 34.0 Å². The molecule has 1 amide bonds.